The molecule has 1 fully saturated rings. The second-order valence-electron chi connectivity index (χ2n) is 10.6. The second kappa shape index (κ2) is 17.9. The number of pyridine rings is 1. The van der Waals surface area contributed by atoms with Crippen molar-refractivity contribution in [1.82, 2.24) is 4.98 Å². The zero-order valence-corrected chi connectivity index (χ0v) is 23.1. The Labute approximate surface area is 212 Å². The quantitative estimate of drug-likeness (QED) is 0.355. The molecule has 188 valence electrons. The molecule has 1 saturated carbocycles. The van der Waals surface area contributed by atoms with E-state index in [9.17, 15) is 4.79 Å². The minimum atomic E-state index is 0.0768. The molecule has 0 aliphatic heterocycles. The molecule has 33 heavy (non-hydrogen) atoms. The predicted molar refractivity (Wildman–Crippen MR) is 148 cm³/mol. The summed E-state index contributed by atoms with van der Waals surface area (Å²) in [5.74, 6) is 0.828. The van der Waals surface area contributed by atoms with Gasteiger partial charge in [-0.25, -0.2) is 4.98 Å². The maximum atomic E-state index is 13.2. The third-order valence-electron chi connectivity index (χ3n) is 7.02. The fourth-order valence-corrected chi connectivity index (χ4v) is 6.98. The number of aromatic nitrogens is 1. The molecule has 0 atom stereocenters. The molecule has 1 aromatic heterocycles. The lowest BCUT2D eigenvalue weighted by molar-refractivity contribution is -0.123. The zero-order chi connectivity index (χ0) is 23.6. The molecule has 4 heteroatoms. The Morgan fingerprint density at radius 3 is 1.76 bits per heavy atom. The van der Waals surface area contributed by atoms with E-state index in [1.807, 2.05) is 29.1 Å². The highest BCUT2D eigenvalue weighted by molar-refractivity contribution is 8.77. The summed E-state index contributed by atoms with van der Waals surface area (Å²) in [5.41, 5.74) is 0. The molecule has 2 rings (SSSR count). The van der Waals surface area contributed by atoms with E-state index in [2.05, 4.69) is 24.9 Å². The number of ketones is 1. The van der Waals surface area contributed by atoms with Crippen molar-refractivity contribution < 1.29 is 4.79 Å². The average Bonchev–Trinajstić information content (AvgIpc) is 2.82. The maximum Gasteiger partial charge on any atom is 0.136 e. The van der Waals surface area contributed by atoms with E-state index in [-0.39, 0.29) is 4.75 Å². The van der Waals surface area contributed by atoms with Crippen molar-refractivity contribution >= 4 is 27.4 Å². The van der Waals surface area contributed by atoms with Gasteiger partial charge in [0.15, 0.2) is 0 Å². The van der Waals surface area contributed by atoms with Crippen molar-refractivity contribution in [3.63, 3.8) is 0 Å². The Kier molecular flexibility index (Phi) is 15.6. The molecule has 0 aromatic carbocycles. The van der Waals surface area contributed by atoms with Crippen LogP contribution in [-0.4, -0.2) is 15.5 Å². The number of carbonyl (C=O) groups is 1. The van der Waals surface area contributed by atoms with Gasteiger partial charge >= 0.3 is 0 Å². The molecule has 0 radical (unpaired) electrons. The van der Waals surface area contributed by atoms with Crippen LogP contribution in [0, 0.1) is 5.92 Å². The van der Waals surface area contributed by atoms with Crippen LogP contribution in [0.15, 0.2) is 29.4 Å². The largest absolute Gasteiger partial charge is 0.299 e. The van der Waals surface area contributed by atoms with Gasteiger partial charge in [-0.2, -0.15) is 0 Å². The third kappa shape index (κ3) is 14.5. The third-order valence-corrected chi connectivity index (χ3v) is 10.3. The standard InChI is InChI=1S/C29H49NOS2/c1-29(2,33-32-28-22-18-19-25-30-28)24-23-27(31)26-20-16-14-12-10-8-6-4-3-5-7-9-11-13-15-17-21-26/h18-19,22,25-26H,3-17,20-21,23-24H2,1-2H3. The summed E-state index contributed by atoms with van der Waals surface area (Å²) in [6, 6.07) is 6.05. The fourth-order valence-electron chi connectivity index (χ4n) is 4.77. The lowest BCUT2D eigenvalue weighted by atomic mass is 9.87. The minimum absolute atomic E-state index is 0.0768. The number of hydrogen-bond acceptors (Lipinski definition) is 4. The highest BCUT2D eigenvalue weighted by Gasteiger charge is 2.24. The summed E-state index contributed by atoms with van der Waals surface area (Å²) < 4.78 is 0.0768. The van der Waals surface area contributed by atoms with Crippen molar-refractivity contribution in [2.75, 3.05) is 0 Å². The molecule has 2 nitrogen and oxygen atoms in total. The van der Waals surface area contributed by atoms with Gasteiger partial charge in [-0.1, -0.05) is 113 Å². The molecule has 1 aliphatic carbocycles. The van der Waals surface area contributed by atoms with Gasteiger partial charge in [0, 0.05) is 23.3 Å². The van der Waals surface area contributed by atoms with Crippen molar-refractivity contribution in [2.45, 2.75) is 146 Å². The molecule has 0 unspecified atom stereocenters. The van der Waals surface area contributed by atoms with Gasteiger partial charge in [0.1, 0.15) is 10.8 Å². The first-order valence-corrected chi connectivity index (χ1v) is 16.0. The first-order chi connectivity index (χ1) is 16.1. The van der Waals surface area contributed by atoms with Crippen LogP contribution in [0.2, 0.25) is 0 Å². The lowest BCUT2D eigenvalue weighted by Crippen LogP contribution is -2.20. The summed E-state index contributed by atoms with van der Waals surface area (Å²) in [6.07, 6.45) is 26.3. The predicted octanol–water partition coefficient (Wildman–Crippen LogP) is 10.2. The van der Waals surface area contributed by atoms with E-state index in [4.69, 9.17) is 0 Å². The van der Waals surface area contributed by atoms with Gasteiger partial charge in [-0.3, -0.25) is 4.79 Å². The zero-order valence-electron chi connectivity index (χ0n) is 21.5. The normalized spacial score (nSPS) is 19.5. The molecular formula is C29H49NOS2. The van der Waals surface area contributed by atoms with Gasteiger partial charge in [-0.05, 0) is 56.0 Å². The van der Waals surface area contributed by atoms with Gasteiger partial charge in [0.25, 0.3) is 0 Å². The Hall–Kier alpha value is -0.480. The minimum Gasteiger partial charge on any atom is -0.299 e. The van der Waals surface area contributed by atoms with Crippen LogP contribution in [0.25, 0.3) is 0 Å². The Morgan fingerprint density at radius 2 is 1.30 bits per heavy atom. The van der Waals surface area contributed by atoms with E-state index in [1.54, 1.807) is 10.8 Å². The van der Waals surface area contributed by atoms with E-state index in [0.29, 0.717) is 11.7 Å². The molecule has 0 amide bonds. The Bertz CT molecular complexity index is 601. The van der Waals surface area contributed by atoms with E-state index in [1.165, 1.54) is 96.3 Å². The average molecular weight is 492 g/mol. The molecule has 0 saturated heterocycles. The van der Waals surface area contributed by atoms with E-state index in [0.717, 1.165) is 30.7 Å². The van der Waals surface area contributed by atoms with Crippen LogP contribution < -0.4 is 0 Å². The second-order valence-corrected chi connectivity index (χ2v) is 13.5. The monoisotopic (exact) mass is 491 g/mol. The van der Waals surface area contributed by atoms with Gasteiger partial charge in [-0.15, -0.1) is 0 Å². The molecular weight excluding hydrogens is 442 g/mol. The van der Waals surface area contributed by atoms with Crippen LogP contribution in [0.3, 0.4) is 0 Å². The molecule has 0 N–H and O–H groups in total. The van der Waals surface area contributed by atoms with E-state index >= 15 is 0 Å². The molecule has 1 aromatic rings. The number of Topliss-reactive ketones (excluding diaryl/α,β-unsaturated/α-hetero) is 1. The SMILES string of the molecule is CC(C)(CCC(=O)C1CCCCCCCCCCCCCCCCC1)SSc1ccccn1. The summed E-state index contributed by atoms with van der Waals surface area (Å²) in [6.45, 7) is 4.54. The van der Waals surface area contributed by atoms with Crippen LogP contribution >= 0.6 is 21.6 Å². The summed E-state index contributed by atoms with van der Waals surface area (Å²) in [4.78, 5) is 17.6. The molecule has 0 bridgehead atoms. The first-order valence-electron chi connectivity index (χ1n) is 13.9. The Balaban J connectivity index is 1.76. The topological polar surface area (TPSA) is 30.0 Å². The first kappa shape index (κ1) is 28.8. The van der Waals surface area contributed by atoms with Crippen molar-refractivity contribution in [3.05, 3.63) is 24.4 Å². The van der Waals surface area contributed by atoms with Gasteiger partial charge in [0.05, 0.1) is 0 Å². The lowest BCUT2D eigenvalue weighted by Gasteiger charge is -2.24. The molecule has 1 aliphatic rings. The number of carbonyl (C=O) groups excluding carboxylic acids is 1. The van der Waals surface area contributed by atoms with Gasteiger partial charge in [0.2, 0.25) is 0 Å². The number of nitrogens with zero attached hydrogens (tertiary/aromatic N) is 1. The smallest absolute Gasteiger partial charge is 0.136 e. The van der Waals surface area contributed by atoms with Gasteiger partial charge < -0.3 is 0 Å². The highest BCUT2D eigenvalue weighted by Crippen LogP contribution is 2.42. The van der Waals surface area contributed by atoms with Crippen LogP contribution in [0.4, 0.5) is 0 Å². The van der Waals surface area contributed by atoms with Crippen molar-refractivity contribution in [3.8, 4) is 0 Å². The van der Waals surface area contributed by atoms with Crippen LogP contribution in [0.5, 0.6) is 0 Å². The van der Waals surface area contributed by atoms with Crippen molar-refractivity contribution in [1.29, 1.82) is 0 Å². The summed E-state index contributed by atoms with van der Waals surface area (Å²) >= 11 is 0. The summed E-state index contributed by atoms with van der Waals surface area (Å²) in [5, 5.41) is 1.05. The number of rotatable bonds is 7. The maximum absolute atomic E-state index is 13.2. The summed E-state index contributed by atoms with van der Waals surface area (Å²) in [7, 11) is 3.59. The van der Waals surface area contributed by atoms with E-state index < -0.39 is 0 Å². The fraction of sp³-hybridized carbons (Fsp3) is 0.793. The number of hydrogen-bond donors (Lipinski definition) is 0. The Morgan fingerprint density at radius 1 is 0.818 bits per heavy atom. The molecule has 0 spiro atoms. The highest BCUT2D eigenvalue weighted by atomic mass is 33.1. The van der Waals surface area contributed by atoms with Crippen LogP contribution in [-0.2, 0) is 4.79 Å². The van der Waals surface area contributed by atoms with Crippen LogP contribution in [0.1, 0.15) is 136 Å². The van der Waals surface area contributed by atoms with Crippen molar-refractivity contribution in [2.24, 2.45) is 5.92 Å². The molecule has 1 heterocycles.